The average Bonchev–Trinajstić information content (AvgIpc) is 3.01. The molecule has 5 N–H and O–H groups in total. The molecule has 0 saturated carbocycles. The Hall–Kier alpha value is -1.47. The maximum Gasteiger partial charge on any atom is 0.249 e. The van der Waals surface area contributed by atoms with E-state index in [4.69, 9.17) is 0 Å². The van der Waals surface area contributed by atoms with Gasteiger partial charge in [0.15, 0.2) is 0 Å². The number of unbranched alkanes of at least 4 members (excludes halogenated alkanes) is 16. The van der Waals surface area contributed by atoms with Crippen LogP contribution in [0.25, 0.3) is 0 Å². The first kappa shape index (κ1) is 41.5. The number of nitrogens with one attached hydrogen (secondary N) is 1. The summed E-state index contributed by atoms with van der Waals surface area (Å²) in [6.07, 6.45) is 34.6. The van der Waals surface area contributed by atoms with E-state index in [2.05, 4.69) is 55.6 Å². The van der Waals surface area contributed by atoms with Crippen LogP contribution in [0.2, 0.25) is 0 Å². The number of carbonyl (C=O) groups is 1. The zero-order valence-corrected chi connectivity index (χ0v) is 27.9. The fourth-order valence-corrected chi connectivity index (χ4v) is 5.14. The summed E-state index contributed by atoms with van der Waals surface area (Å²) >= 11 is 0. The van der Waals surface area contributed by atoms with E-state index in [9.17, 15) is 25.2 Å². The molecule has 0 aromatic rings. The molecular weight excluding hydrogens is 538 g/mol. The summed E-state index contributed by atoms with van der Waals surface area (Å²) in [7, 11) is 0. The van der Waals surface area contributed by atoms with Gasteiger partial charge < -0.3 is 25.7 Å². The Kier molecular flexibility index (Phi) is 30.8. The predicted molar refractivity (Wildman–Crippen MR) is 182 cm³/mol. The minimum Gasteiger partial charge on any atom is -0.394 e. The Labute approximate surface area is 265 Å². The molecule has 43 heavy (non-hydrogen) atoms. The van der Waals surface area contributed by atoms with E-state index in [-0.39, 0.29) is 0 Å². The molecule has 0 aromatic carbocycles. The number of aliphatic hydroxyl groups is 4. The number of carbonyl (C=O) groups excluding carboxylic acids is 1. The van der Waals surface area contributed by atoms with Crippen molar-refractivity contribution in [2.45, 2.75) is 186 Å². The molecule has 6 nitrogen and oxygen atoms in total. The summed E-state index contributed by atoms with van der Waals surface area (Å²) in [6, 6.07) is -1.01. The van der Waals surface area contributed by atoms with Gasteiger partial charge in [-0.1, -0.05) is 134 Å². The van der Waals surface area contributed by atoms with Gasteiger partial charge in [-0.25, -0.2) is 0 Å². The first-order valence-electron chi connectivity index (χ1n) is 17.9. The molecule has 0 radical (unpaired) electrons. The van der Waals surface area contributed by atoms with E-state index in [0.29, 0.717) is 19.3 Å². The van der Waals surface area contributed by atoms with Crippen molar-refractivity contribution in [3.8, 4) is 0 Å². The van der Waals surface area contributed by atoms with Crippen LogP contribution in [0.15, 0.2) is 36.5 Å². The number of amides is 1. The van der Waals surface area contributed by atoms with Gasteiger partial charge >= 0.3 is 0 Å². The van der Waals surface area contributed by atoms with Gasteiger partial charge in [-0.05, 0) is 64.2 Å². The van der Waals surface area contributed by atoms with E-state index < -0.39 is 36.9 Å². The van der Waals surface area contributed by atoms with Crippen LogP contribution in [0.4, 0.5) is 0 Å². The largest absolute Gasteiger partial charge is 0.394 e. The normalized spacial score (nSPS) is 15.0. The molecule has 252 valence electrons. The summed E-state index contributed by atoms with van der Waals surface area (Å²) in [5.41, 5.74) is 0. The van der Waals surface area contributed by atoms with Crippen LogP contribution in [0, 0.1) is 0 Å². The number of hydrogen-bond acceptors (Lipinski definition) is 5. The lowest BCUT2D eigenvalue weighted by Crippen LogP contribution is -2.53. The zero-order chi connectivity index (χ0) is 31.8. The van der Waals surface area contributed by atoms with E-state index in [1.54, 1.807) is 0 Å². The number of aliphatic hydroxyl groups excluding tert-OH is 4. The lowest BCUT2D eigenvalue weighted by atomic mass is 10.00. The second-order valence-corrected chi connectivity index (χ2v) is 12.2. The summed E-state index contributed by atoms with van der Waals surface area (Å²) in [5, 5.41) is 43.2. The van der Waals surface area contributed by atoms with Gasteiger partial charge in [0.1, 0.15) is 12.2 Å². The van der Waals surface area contributed by atoms with Gasteiger partial charge in [-0.15, -0.1) is 0 Å². The van der Waals surface area contributed by atoms with Gasteiger partial charge in [0, 0.05) is 0 Å². The van der Waals surface area contributed by atoms with Gasteiger partial charge in [0.2, 0.25) is 5.91 Å². The summed E-state index contributed by atoms with van der Waals surface area (Å²) in [6.45, 7) is 3.95. The molecule has 0 spiro atoms. The zero-order valence-electron chi connectivity index (χ0n) is 27.9. The van der Waals surface area contributed by atoms with Crippen molar-refractivity contribution in [3.63, 3.8) is 0 Å². The minimum absolute atomic E-state index is 0.358. The molecule has 0 rings (SSSR count). The van der Waals surface area contributed by atoms with Crippen molar-refractivity contribution in [1.82, 2.24) is 5.32 Å². The van der Waals surface area contributed by atoms with Crippen LogP contribution in [-0.4, -0.2) is 57.3 Å². The molecule has 0 heterocycles. The third-order valence-corrected chi connectivity index (χ3v) is 8.06. The quantitative estimate of drug-likeness (QED) is 0.0403. The average molecular weight is 608 g/mol. The van der Waals surface area contributed by atoms with E-state index >= 15 is 0 Å². The molecule has 0 aliphatic rings. The first-order valence-corrected chi connectivity index (χ1v) is 17.9. The lowest BCUT2D eigenvalue weighted by molar-refractivity contribution is -0.132. The van der Waals surface area contributed by atoms with Gasteiger partial charge in [-0.3, -0.25) is 4.79 Å². The Morgan fingerprint density at radius 1 is 0.558 bits per heavy atom. The van der Waals surface area contributed by atoms with Crippen molar-refractivity contribution >= 4 is 5.91 Å². The molecule has 0 aliphatic heterocycles. The predicted octanol–water partition coefficient (Wildman–Crippen LogP) is 8.23. The number of allylic oxidation sites excluding steroid dienone is 6. The first-order chi connectivity index (χ1) is 21.0. The van der Waals surface area contributed by atoms with Gasteiger partial charge in [-0.2, -0.15) is 0 Å². The maximum atomic E-state index is 12.3. The number of rotatable bonds is 31. The van der Waals surface area contributed by atoms with Crippen molar-refractivity contribution < 1.29 is 25.2 Å². The highest BCUT2D eigenvalue weighted by atomic mass is 16.3. The molecule has 6 heteroatoms. The second-order valence-electron chi connectivity index (χ2n) is 12.2. The lowest BCUT2D eigenvalue weighted by Gasteiger charge is -2.27. The molecule has 0 bridgehead atoms. The highest BCUT2D eigenvalue weighted by Gasteiger charge is 2.28. The van der Waals surface area contributed by atoms with Crippen molar-refractivity contribution in [2.24, 2.45) is 0 Å². The second kappa shape index (κ2) is 31.9. The molecule has 0 aliphatic carbocycles. The van der Waals surface area contributed by atoms with Gasteiger partial charge in [0.25, 0.3) is 0 Å². The van der Waals surface area contributed by atoms with Crippen molar-refractivity contribution in [2.75, 3.05) is 6.61 Å². The fourth-order valence-electron chi connectivity index (χ4n) is 5.14. The van der Waals surface area contributed by atoms with Crippen LogP contribution in [0.3, 0.4) is 0 Å². The van der Waals surface area contributed by atoms with Crippen LogP contribution in [0.1, 0.15) is 162 Å². The third-order valence-electron chi connectivity index (χ3n) is 8.06. The molecule has 4 atom stereocenters. The summed E-state index contributed by atoms with van der Waals surface area (Å²) in [5.74, 6) is -0.606. The Morgan fingerprint density at radius 2 is 0.977 bits per heavy atom. The Morgan fingerprint density at radius 3 is 1.47 bits per heavy atom. The number of hydrogen-bond donors (Lipinski definition) is 5. The summed E-state index contributed by atoms with van der Waals surface area (Å²) < 4.78 is 0. The van der Waals surface area contributed by atoms with Crippen LogP contribution >= 0.6 is 0 Å². The van der Waals surface area contributed by atoms with E-state index in [1.807, 2.05) is 0 Å². The van der Waals surface area contributed by atoms with Gasteiger partial charge in [0.05, 0.1) is 18.8 Å². The molecule has 0 aromatic heterocycles. The van der Waals surface area contributed by atoms with Crippen molar-refractivity contribution in [3.05, 3.63) is 36.5 Å². The summed E-state index contributed by atoms with van der Waals surface area (Å²) in [4.78, 5) is 12.3. The smallest absolute Gasteiger partial charge is 0.249 e. The highest BCUT2D eigenvalue weighted by molar-refractivity contribution is 5.80. The Balaban J connectivity index is 3.91. The van der Waals surface area contributed by atoms with Crippen LogP contribution in [0.5, 0.6) is 0 Å². The monoisotopic (exact) mass is 608 g/mol. The standard InChI is InChI=1S/C37H69NO5/c1-3-5-7-9-11-13-14-15-16-17-18-19-20-21-22-23-25-26-28-30-34(40)36(42)33(32-39)38-37(43)35(41)31-29-27-24-12-10-8-6-4-2/h15-16,19-20,23,25,33-36,39-42H,3-14,17-18,21-22,24,26-32H2,1-2H3,(H,38,43)/b16-15+,20-19+,25-23+. The molecular formula is C37H69NO5. The minimum atomic E-state index is -1.29. The molecule has 0 saturated heterocycles. The molecule has 4 unspecified atom stereocenters. The SMILES string of the molecule is CCCCCCCC/C=C/CC/C=C/CC/C=C/CCCC(O)C(O)C(CO)NC(=O)C(O)CCCCCCCCCC. The van der Waals surface area contributed by atoms with E-state index in [1.165, 1.54) is 77.0 Å². The Bertz CT molecular complexity index is 692. The fraction of sp³-hybridized carbons (Fsp3) is 0.811. The topological polar surface area (TPSA) is 110 Å². The highest BCUT2D eigenvalue weighted by Crippen LogP contribution is 2.13. The maximum absolute atomic E-state index is 12.3. The van der Waals surface area contributed by atoms with Crippen molar-refractivity contribution in [1.29, 1.82) is 0 Å². The van der Waals surface area contributed by atoms with Crippen LogP contribution < -0.4 is 5.32 Å². The molecule has 0 fully saturated rings. The van der Waals surface area contributed by atoms with E-state index in [0.717, 1.165) is 51.4 Å². The third kappa shape index (κ3) is 26.6. The van der Waals surface area contributed by atoms with Crippen LogP contribution in [-0.2, 0) is 4.79 Å². The molecule has 1 amide bonds.